The first-order valence-electron chi connectivity index (χ1n) is 7.38. The summed E-state index contributed by atoms with van der Waals surface area (Å²) in [5.41, 5.74) is -0.633. The highest BCUT2D eigenvalue weighted by Gasteiger charge is 2.34. The average molecular weight is 370 g/mol. The average Bonchev–Trinajstić information content (AvgIpc) is 2.55. The highest BCUT2D eigenvalue weighted by Crippen LogP contribution is 2.36. The van der Waals surface area contributed by atoms with Crippen LogP contribution in [0.2, 0.25) is 5.02 Å². The van der Waals surface area contributed by atoms with Gasteiger partial charge in [0.1, 0.15) is 5.75 Å². The van der Waals surface area contributed by atoms with E-state index in [-0.39, 0.29) is 10.7 Å². The lowest BCUT2D eigenvalue weighted by Crippen LogP contribution is -2.14. The number of rotatable bonds is 5. The Morgan fingerprint density at radius 1 is 1.20 bits per heavy atom. The van der Waals surface area contributed by atoms with Gasteiger partial charge in [-0.2, -0.15) is 13.2 Å². The number of hydrogen-bond donors (Lipinski definition) is 1. The predicted octanol–water partition coefficient (Wildman–Crippen LogP) is 5.41. The molecule has 0 saturated heterocycles. The summed E-state index contributed by atoms with van der Waals surface area (Å²) < 4.78 is 44.3. The van der Waals surface area contributed by atoms with Crippen LogP contribution in [0.4, 0.5) is 18.9 Å². The smallest absolute Gasteiger partial charge is 0.418 e. The van der Waals surface area contributed by atoms with Gasteiger partial charge in [-0.15, -0.1) is 0 Å². The maximum absolute atomic E-state index is 13.0. The molecule has 0 heterocycles. The lowest BCUT2D eigenvalue weighted by Gasteiger charge is -2.13. The van der Waals surface area contributed by atoms with Crippen molar-refractivity contribution in [2.24, 2.45) is 0 Å². The fourth-order valence-corrected chi connectivity index (χ4v) is 2.22. The zero-order valence-electron chi connectivity index (χ0n) is 13.2. The van der Waals surface area contributed by atoms with Gasteiger partial charge in [-0.1, -0.05) is 23.7 Å². The number of ether oxygens (including phenoxy) is 1. The van der Waals surface area contributed by atoms with Crippen LogP contribution in [-0.2, 0) is 11.0 Å². The minimum absolute atomic E-state index is 0.0599. The molecule has 0 bridgehead atoms. The van der Waals surface area contributed by atoms with E-state index in [9.17, 15) is 18.0 Å². The molecule has 2 aromatic carbocycles. The first kappa shape index (κ1) is 18.9. The van der Waals surface area contributed by atoms with Crippen molar-refractivity contribution in [1.29, 1.82) is 0 Å². The number of hydrogen-bond acceptors (Lipinski definition) is 2. The first-order valence-corrected chi connectivity index (χ1v) is 7.76. The molecular formula is C18H15ClF3NO2. The fraction of sp³-hybridized carbons (Fsp3) is 0.167. The summed E-state index contributed by atoms with van der Waals surface area (Å²) in [6.45, 7) is 2.41. The molecule has 3 nitrogen and oxygen atoms in total. The van der Waals surface area contributed by atoms with Crippen LogP contribution in [0.3, 0.4) is 0 Å². The number of halogens is 4. The minimum Gasteiger partial charge on any atom is -0.494 e. The number of amides is 1. The van der Waals surface area contributed by atoms with Gasteiger partial charge in [0, 0.05) is 11.1 Å². The zero-order chi connectivity index (χ0) is 18.4. The standard InChI is InChI=1S/C18H15ClF3NO2/c1-2-25-14-7-3-12(4-8-14)5-10-17(24)23-16-9-6-13(19)11-15(16)18(20,21)22/h3-11H,2H2,1H3,(H,23,24)/b10-5+. The molecule has 2 rings (SSSR count). The van der Waals surface area contributed by atoms with E-state index in [1.165, 1.54) is 12.1 Å². The number of nitrogens with one attached hydrogen (secondary N) is 1. The van der Waals surface area contributed by atoms with Crippen molar-refractivity contribution in [3.8, 4) is 5.75 Å². The molecule has 0 unspecified atom stereocenters. The van der Waals surface area contributed by atoms with Crippen LogP contribution in [-0.4, -0.2) is 12.5 Å². The predicted molar refractivity (Wildman–Crippen MR) is 91.7 cm³/mol. The van der Waals surface area contributed by atoms with Crippen LogP contribution in [0.15, 0.2) is 48.5 Å². The van der Waals surface area contributed by atoms with Gasteiger partial charge in [0.25, 0.3) is 0 Å². The largest absolute Gasteiger partial charge is 0.494 e. The second kappa shape index (κ2) is 8.07. The van der Waals surface area contributed by atoms with Crippen LogP contribution in [0.5, 0.6) is 5.75 Å². The van der Waals surface area contributed by atoms with E-state index >= 15 is 0 Å². The van der Waals surface area contributed by atoms with Crippen LogP contribution in [0, 0.1) is 0 Å². The van der Waals surface area contributed by atoms with E-state index in [1.807, 2.05) is 6.92 Å². The lowest BCUT2D eigenvalue weighted by molar-refractivity contribution is -0.136. The maximum atomic E-state index is 13.0. The fourth-order valence-electron chi connectivity index (χ4n) is 2.05. The normalized spacial score (nSPS) is 11.6. The summed E-state index contributed by atoms with van der Waals surface area (Å²) in [7, 11) is 0. The molecule has 0 aliphatic rings. The second-order valence-electron chi connectivity index (χ2n) is 5.01. The number of benzene rings is 2. The van der Waals surface area contributed by atoms with Crippen LogP contribution in [0.25, 0.3) is 6.08 Å². The lowest BCUT2D eigenvalue weighted by atomic mass is 10.1. The zero-order valence-corrected chi connectivity index (χ0v) is 14.0. The third kappa shape index (κ3) is 5.53. The van der Waals surface area contributed by atoms with Gasteiger partial charge in [0.2, 0.25) is 5.91 Å². The van der Waals surface area contributed by atoms with Crippen molar-refractivity contribution in [2.75, 3.05) is 11.9 Å². The number of carbonyl (C=O) groups is 1. The van der Waals surface area contributed by atoms with Crippen LogP contribution >= 0.6 is 11.6 Å². The third-order valence-corrected chi connectivity index (χ3v) is 3.40. The van der Waals surface area contributed by atoms with Crippen molar-refractivity contribution in [3.63, 3.8) is 0 Å². The molecule has 2 aromatic rings. The van der Waals surface area contributed by atoms with Gasteiger partial charge >= 0.3 is 6.18 Å². The molecule has 0 radical (unpaired) electrons. The number of anilines is 1. The molecule has 0 fully saturated rings. The van der Waals surface area contributed by atoms with Crippen LogP contribution < -0.4 is 10.1 Å². The molecule has 1 amide bonds. The molecule has 132 valence electrons. The maximum Gasteiger partial charge on any atom is 0.418 e. The molecule has 0 aromatic heterocycles. The van der Waals surface area contributed by atoms with E-state index in [0.29, 0.717) is 17.9 Å². The monoisotopic (exact) mass is 369 g/mol. The molecule has 0 aliphatic heterocycles. The summed E-state index contributed by atoms with van der Waals surface area (Å²) in [4.78, 5) is 11.9. The Morgan fingerprint density at radius 3 is 2.48 bits per heavy atom. The van der Waals surface area contributed by atoms with Gasteiger partial charge < -0.3 is 10.1 Å². The van der Waals surface area contributed by atoms with E-state index in [4.69, 9.17) is 16.3 Å². The SMILES string of the molecule is CCOc1ccc(/C=C/C(=O)Nc2ccc(Cl)cc2C(F)(F)F)cc1. The summed E-state index contributed by atoms with van der Waals surface area (Å²) in [5.74, 6) is 0.0155. The quantitative estimate of drug-likeness (QED) is 0.716. The van der Waals surface area contributed by atoms with Crippen molar-refractivity contribution >= 4 is 29.3 Å². The highest BCUT2D eigenvalue weighted by atomic mass is 35.5. The molecular weight excluding hydrogens is 355 g/mol. The van der Waals surface area contributed by atoms with Gasteiger partial charge in [-0.25, -0.2) is 0 Å². The molecule has 0 spiro atoms. The Labute approximate surface area is 148 Å². The Balaban J connectivity index is 2.10. The van der Waals surface area contributed by atoms with E-state index in [0.717, 1.165) is 18.2 Å². The summed E-state index contributed by atoms with van der Waals surface area (Å²) in [6.07, 6.45) is -1.97. The van der Waals surface area contributed by atoms with Crippen molar-refractivity contribution < 1.29 is 22.7 Å². The molecule has 0 aliphatic carbocycles. The Bertz CT molecular complexity index is 771. The van der Waals surface area contributed by atoms with Crippen LogP contribution in [0.1, 0.15) is 18.1 Å². The van der Waals surface area contributed by atoms with Crippen molar-refractivity contribution in [3.05, 3.63) is 64.7 Å². The van der Waals surface area contributed by atoms with Gasteiger partial charge in [-0.05, 0) is 48.9 Å². The number of carbonyl (C=O) groups excluding carboxylic acids is 1. The summed E-state index contributed by atoms with van der Waals surface area (Å²) >= 11 is 5.60. The van der Waals surface area contributed by atoms with E-state index < -0.39 is 17.6 Å². The number of alkyl halides is 3. The molecule has 1 N–H and O–H groups in total. The Hall–Kier alpha value is -2.47. The second-order valence-corrected chi connectivity index (χ2v) is 5.45. The first-order chi connectivity index (χ1) is 11.8. The third-order valence-electron chi connectivity index (χ3n) is 3.16. The molecule has 0 saturated carbocycles. The van der Waals surface area contributed by atoms with Gasteiger partial charge in [0.05, 0.1) is 17.9 Å². The Kier molecular flexibility index (Phi) is 6.09. The van der Waals surface area contributed by atoms with E-state index in [1.54, 1.807) is 24.3 Å². The van der Waals surface area contributed by atoms with Gasteiger partial charge in [0.15, 0.2) is 0 Å². The topological polar surface area (TPSA) is 38.3 Å². The molecule has 7 heteroatoms. The van der Waals surface area contributed by atoms with Crippen molar-refractivity contribution in [1.82, 2.24) is 0 Å². The minimum atomic E-state index is -4.62. The highest BCUT2D eigenvalue weighted by molar-refractivity contribution is 6.30. The van der Waals surface area contributed by atoms with Gasteiger partial charge in [-0.3, -0.25) is 4.79 Å². The van der Waals surface area contributed by atoms with E-state index in [2.05, 4.69) is 5.32 Å². The Morgan fingerprint density at radius 2 is 1.88 bits per heavy atom. The summed E-state index contributed by atoms with van der Waals surface area (Å²) in [5, 5.41) is 2.16. The summed E-state index contributed by atoms with van der Waals surface area (Å²) in [6, 6.07) is 10.1. The molecule has 0 atom stereocenters. The van der Waals surface area contributed by atoms with Crippen molar-refractivity contribution in [2.45, 2.75) is 13.1 Å². The molecule has 25 heavy (non-hydrogen) atoms.